The number of likely N-dealkylation sites (tertiary alicyclic amines) is 1. The van der Waals surface area contributed by atoms with Crippen molar-refractivity contribution >= 4 is 5.91 Å². The van der Waals surface area contributed by atoms with Crippen molar-refractivity contribution in [3.63, 3.8) is 0 Å². The number of benzene rings is 1. The fourth-order valence-corrected chi connectivity index (χ4v) is 6.86. The summed E-state index contributed by atoms with van der Waals surface area (Å²) < 4.78 is 13.0. The molecule has 2 aliphatic heterocycles. The van der Waals surface area contributed by atoms with Gasteiger partial charge in [0.05, 0.1) is 5.41 Å². The molecule has 6 heteroatoms. The van der Waals surface area contributed by atoms with Crippen LogP contribution >= 0.6 is 0 Å². The molecule has 1 spiro atoms. The summed E-state index contributed by atoms with van der Waals surface area (Å²) in [6, 6.07) is 10.5. The number of hydrogen-bond acceptors (Lipinski definition) is 5. The van der Waals surface area contributed by atoms with Gasteiger partial charge in [-0.05, 0) is 44.5 Å². The molecule has 2 N–H and O–H groups in total. The van der Waals surface area contributed by atoms with E-state index >= 15 is 0 Å². The van der Waals surface area contributed by atoms with E-state index in [9.17, 15) is 9.90 Å². The quantitative estimate of drug-likeness (QED) is 0.563. The minimum Gasteiger partial charge on any atom is -0.489 e. The molecule has 2 fully saturated rings. The maximum atomic E-state index is 12.0. The van der Waals surface area contributed by atoms with Crippen LogP contribution in [0, 0.1) is 11.3 Å². The van der Waals surface area contributed by atoms with Gasteiger partial charge < -0.3 is 24.8 Å². The van der Waals surface area contributed by atoms with Crippen molar-refractivity contribution in [1.82, 2.24) is 10.2 Å². The first kappa shape index (κ1) is 20.1. The monoisotopic (exact) mass is 434 g/mol. The molecule has 5 atom stereocenters. The molecule has 1 amide bonds. The summed E-state index contributed by atoms with van der Waals surface area (Å²) in [4.78, 5) is 14.5. The van der Waals surface area contributed by atoms with Gasteiger partial charge in [-0.25, -0.2) is 0 Å². The van der Waals surface area contributed by atoms with Crippen molar-refractivity contribution in [1.29, 1.82) is 0 Å². The van der Waals surface area contributed by atoms with Crippen LogP contribution in [0.5, 0.6) is 0 Å². The van der Waals surface area contributed by atoms with Gasteiger partial charge in [0.1, 0.15) is 12.4 Å². The van der Waals surface area contributed by atoms with Crippen molar-refractivity contribution in [2.75, 3.05) is 13.6 Å². The summed E-state index contributed by atoms with van der Waals surface area (Å²) >= 11 is 0. The fraction of sp³-hybridized carbons (Fsp3) is 0.500. The normalized spacial score (nSPS) is 37.2. The number of hydrogen-bond donors (Lipinski definition) is 2. The number of carbonyl (C=O) groups excluding carboxylic acids is 1. The van der Waals surface area contributed by atoms with Crippen LogP contribution in [-0.4, -0.2) is 47.4 Å². The highest BCUT2D eigenvalue weighted by Crippen LogP contribution is 2.66. The summed E-state index contributed by atoms with van der Waals surface area (Å²) in [6.07, 6.45) is 6.99. The van der Waals surface area contributed by atoms with Crippen LogP contribution in [0.3, 0.4) is 0 Å². The Kier molecular flexibility index (Phi) is 4.37. The first-order valence-electron chi connectivity index (χ1n) is 11.6. The first-order valence-corrected chi connectivity index (χ1v) is 11.6. The maximum Gasteiger partial charge on any atom is 0.219 e. The van der Waals surface area contributed by atoms with Crippen LogP contribution in [-0.2, 0) is 20.9 Å². The first-order chi connectivity index (χ1) is 15.4. The third kappa shape index (κ3) is 2.69. The smallest absolute Gasteiger partial charge is 0.219 e. The number of carbonyl (C=O) groups is 1. The average molecular weight is 435 g/mol. The molecule has 6 rings (SSSR count). The van der Waals surface area contributed by atoms with Crippen molar-refractivity contribution < 1.29 is 19.4 Å². The van der Waals surface area contributed by atoms with Crippen molar-refractivity contribution in [3.05, 3.63) is 70.7 Å². The number of piperidine rings is 1. The predicted octanol–water partition coefficient (Wildman–Crippen LogP) is 3.01. The second-order valence-electron chi connectivity index (χ2n) is 9.94. The molecule has 5 aliphatic rings. The highest BCUT2D eigenvalue weighted by molar-refractivity contribution is 5.74. The summed E-state index contributed by atoms with van der Waals surface area (Å²) in [5.74, 6) is 1.66. The molecular formula is C26H30N2O4. The molecule has 1 aromatic carbocycles. The minimum absolute atomic E-state index is 0.241. The molecule has 0 saturated carbocycles. The summed E-state index contributed by atoms with van der Waals surface area (Å²) in [5, 5.41) is 14.4. The van der Waals surface area contributed by atoms with Crippen LogP contribution in [0.25, 0.3) is 0 Å². The molecule has 3 aliphatic carbocycles. The highest BCUT2D eigenvalue weighted by atomic mass is 16.5. The predicted molar refractivity (Wildman–Crippen MR) is 119 cm³/mol. The zero-order valence-electron chi connectivity index (χ0n) is 18.6. The summed E-state index contributed by atoms with van der Waals surface area (Å²) in [5.41, 5.74) is 1.93. The molecule has 2 saturated heterocycles. The van der Waals surface area contributed by atoms with E-state index in [2.05, 4.69) is 35.5 Å². The van der Waals surface area contributed by atoms with Gasteiger partial charge in [-0.2, -0.15) is 0 Å². The SMILES string of the molecule is CC(=O)N[C@]1(O)C=C[C@H]2[C@H]3CC4=C5C(=C(OCc6ccccc6)CC4)O[C@@H]1[C@]52CCN3C. The average Bonchev–Trinajstić information content (AvgIpc) is 3.13. The lowest BCUT2D eigenvalue weighted by Gasteiger charge is -2.58. The third-order valence-electron chi connectivity index (χ3n) is 8.16. The van der Waals surface area contributed by atoms with Gasteiger partial charge >= 0.3 is 0 Å². The second-order valence-corrected chi connectivity index (χ2v) is 9.94. The molecule has 0 aromatic heterocycles. The molecule has 168 valence electrons. The number of ether oxygens (including phenoxy) is 2. The topological polar surface area (TPSA) is 71.0 Å². The molecule has 1 aromatic rings. The second kappa shape index (κ2) is 6.96. The number of nitrogens with one attached hydrogen (secondary N) is 1. The zero-order chi connectivity index (χ0) is 22.1. The number of allylic oxidation sites excluding steroid dienone is 2. The number of amides is 1. The van der Waals surface area contributed by atoms with Gasteiger partial charge in [0, 0.05) is 30.9 Å². The van der Waals surface area contributed by atoms with E-state index < -0.39 is 11.8 Å². The highest BCUT2D eigenvalue weighted by Gasteiger charge is 2.69. The van der Waals surface area contributed by atoms with E-state index in [4.69, 9.17) is 9.47 Å². The van der Waals surface area contributed by atoms with E-state index in [-0.39, 0.29) is 17.2 Å². The van der Waals surface area contributed by atoms with Crippen molar-refractivity contribution in [2.24, 2.45) is 11.3 Å². The van der Waals surface area contributed by atoms with Crippen LogP contribution in [0.15, 0.2) is 65.1 Å². The van der Waals surface area contributed by atoms with Gasteiger partial charge in [0.25, 0.3) is 0 Å². The van der Waals surface area contributed by atoms with E-state index in [0.717, 1.165) is 49.3 Å². The van der Waals surface area contributed by atoms with Gasteiger partial charge in [-0.1, -0.05) is 42.0 Å². The van der Waals surface area contributed by atoms with Gasteiger partial charge in [-0.15, -0.1) is 0 Å². The Morgan fingerprint density at radius 1 is 1.31 bits per heavy atom. The van der Waals surface area contributed by atoms with E-state index in [0.29, 0.717) is 12.6 Å². The summed E-state index contributed by atoms with van der Waals surface area (Å²) in [6.45, 7) is 2.87. The Balaban J connectivity index is 1.46. The van der Waals surface area contributed by atoms with Crippen LogP contribution in [0.2, 0.25) is 0 Å². The summed E-state index contributed by atoms with van der Waals surface area (Å²) in [7, 11) is 2.20. The Morgan fingerprint density at radius 3 is 2.91 bits per heavy atom. The van der Waals surface area contributed by atoms with Gasteiger partial charge in [0.2, 0.25) is 5.91 Å². The van der Waals surface area contributed by atoms with E-state index in [1.165, 1.54) is 18.1 Å². The standard InChI is InChI=1S/C26H30N2O4/c1-16(29)27-26(30)11-10-19-20-14-18-8-9-21(31-15-17-6-4-3-5-7-17)23-22(18)25(19,24(26)32-23)12-13-28(20)2/h3-7,10-11,19-20,24,30H,8-9,12-15H2,1-2H3,(H,27,29)/t19-,20+,24+,25-,26-/m0/s1. The minimum atomic E-state index is -1.53. The Bertz CT molecular complexity index is 1060. The molecular weight excluding hydrogens is 404 g/mol. The largest absolute Gasteiger partial charge is 0.489 e. The lowest BCUT2D eigenvalue weighted by Crippen LogP contribution is -2.68. The molecule has 6 nitrogen and oxygen atoms in total. The fourth-order valence-electron chi connectivity index (χ4n) is 6.86. The number of nitrogens with zero attached hydrogens (tertiary/aromatic N) is 1. The molecule has 2 heterocycles. The van der Waals surface area contributed by atoms with Crippen LogP contribution in [0.1, 0.15) is 38.2 Å². The number of aliphatic hydroxyl groups is 1. The van der Waals surface area contributed by atoms with Crippen molar-refractivity contribution in [3.8, 4) is 0 Å². The molecule has 0 unspecified atom stereocenters. The van der Waals surface area contributed by atoms with Crippen LogP contribution in [0.4, 0.5) is 0 Å². The van der Waals surface area contributed by atoms with Gasteiger partial charge in [0.15, 0.2) is 17.6 Å². The lowest BCUT2D eigenvalue weighted by atomic mass is 9.51. The van der Waals surface area contributed by atoms with Gasteiger partial charge in [-0.3, -0.25) is 4.79 Å². The van der Waals surface area contributed by atoms with Crippen LogP contribution < -0.4 is 5.32 Å². The Morgan fingerprint density at radius 2 is 2.12 bits per heavy atom. The lowest BCUT2D eigenvalue weighted by molar-refractivity contribution is -0.153. The zero-order valence-corrected chi connectivity index (χ0v) is 18.6. The number of rotatable bonds is 4. The molecule has 32 heavy (non-hydrogen) atoms. The Hall–Kier alpha value is -2.57. The third-order valence-corrected chi connectivity index (χ3v) is 8.16. The maximum absolute atomic E-state index is 12.0. The molecule has 2 bridgehead atoms. The Labute approximate surface area is 188 Å². The van der Waals surface area contributed by atoms with Crippen molar-refractivity contribution in [2.45, 2.75) is 57.1 Å². The molecule has 0 radical (unpaired) electrons. The van der Waals surface area contributed by atoms with E-state index in [1.54, 1.807) is 6.08 Å². The van der Waals surface area contributed by atoms with E-state index in [1.807, 2.05) is 18.2 Å².